The summed E-state index contributed by atoms with van der Waals surface area (Å²) in [7, 11) is 1.62. The van der Waals surface area contributed by atoms with Crippen LogP contribution in [0.4, 0.5) is 0 Å². The Kier molecular flexibility index (Phi) is 8.91. The summed E-state index contributed by atoms with van der Waals surface area (Å²) in [5, 5.41) is 11.4. The van der Waals surface area contributed by atoms with Crippen LogP contribution in [0.2, 0.25) is 0 Å². The molecule has 27 heavy (non-hydrogen) atoms. The number of hydrogen-bond donors (Lipinski definition) is 2. The van der Waals surface area contributed by atoms with Gasteiger partial charge in [-0.1, -0.05) is 12.5 Å². The van der Waals surface area contributed by atoms with E-state index in [0.717, 1.165) is 36.7 Å². The molecule has 0 aliphatic carbocycles. The molecule has 0 radical (unpaired) electrons. The zero-order chi connectivity index (χ0) is 19.5. The molecule has 7 nitrogen and oxygen atoms in total. The van der Waals surface area contributed by atoms with Gasteiger partial charge >= 0.3 is 5.97 Å². The molecule has 0 atom stereocenters. The summed E-state index contributed by atoms with van der Waals surface area (Å²) in [6.07, 6.45) is 4.28. The Bertz CT molecular complexity index is 614. The SMILES string of the molecule is COc1ccc(CCNC(=O)CCC(=O)O)c(OCCN2CCCCC2)c1. The lowest BCUT2D eigenvalue weighted by Gasteiger charge is -2.26. The summed E-state index contributed by atoms with van der Waals surface area (Å²) in [5.41, 5.74) is 0.993. The van der Waals surface area contributed by atoms with Gasteiger partial charge < -0.3 is 19.9 Å². The zero-order valence-corrected chi connectivity index (χ0v) is 16.0. The molecule has 2 N–H and O–H groups in total. The van der Waals surface area contributed by atoms with E-state index in [1.807, 2.05) is 18.2 Å². The van der Waals surface area contributed by atoms with E-state index in [4.69, 9.17) is 14.6 Å². The zero-order valence-electron chi connectivity index (χ0n) is 16.0. The van der Waals surface area contributed by atoms with Crippen LogP contribution < -0.4 is 14.8 Å². The van der Waals surface area contributed by atoms with Gasteiger partial charge in [-0.05, 0) is 44.0 Å². The predicted octanol–water partition coefficient (Wildman–Crippen LogP) is 2.08. The second-order valence-electron chi connectivity index (χ2n) is 6.72. The van der Waals surface area contributed by atoms with Gasteiger partial charge in [0.15, 0.2) is 0 Å². The minimum absolute atomic E-state index is 0.00284. The van der Waals surface area contributed by atoms with Gasteiger partial charge in [-0.2, -0.15) is 0 Å². The molecule has 1 saturated heterocycles. The van der Waals surface area contributed by atoms with Crippen LogP contribution in [0.15, 0.2) is 18.2 Å². The van der Waals surface area contributed by atoms with Crippen LogP contribution in [0.25, 0.3) is 0 Å². The molecule has 0 spiro atoms. The highest BCUT2D eigenvalue weighted by molar-refractivity contribution is 5.80. The molecule has 1 aliphatic heterocycles. The van der Waals surface area contributed by atoms with Crippen LogP contribution in [0, 0.1) is 0 Å². The molecular formula is C20H30N2O5. The van der Waals surface area contributed by atoms with Gasteiger partial charge in [-0.25, -0.2) is 0 Å². The first-order valence-electron chi connectivity index (χ1n) is 9.59. The second-order valence-corrected chi connectivity index (χ2v) is 6.72. The topological polar surface area (TPSA) is 88.1 Å². The molecule has 0 aromatic heterocycles. The van der Waals surface area contributed by atoms with Crippen molar-refractivity contribution in [1.29, 1.82) is 0 Å². The van der Waals surface area contributed by atoms with Crippen molar-refractivity contribution in [2.45, 2.75) is 38.5 Å². The van der Waals surface area contributed by atoms with Crippen molar-refractivity contribution >= 4 is 11.9 Å². The van der Waals surface area contributed by atoms with Crippen molar-refractivity contribution in [3.8, 4) is 11.5 Å². The molecule has 1 amide bonds. The number of carboxylic acid groups (broad SMARTS) is 1. The number of methoxy groups -OCH3 is 1. The lowest BCUT2D eigenvalue weighted by atomic mass is 10.1. The normalized spacial score (nSPS) is 14.6. The minimum Gasteiger partial charge on any atom is -0.497 e. The third-order valence-electron chi connectivity index (χ3n) is 4.67. The first-order chi connectivity index (χ1) is 13.1. The molecule has 2 rings (SSSR count). The summed E-state index contributed by atoms with van der Waals surface area (Å²) in [6.45, 7) is 4.23. The number of carbonyl (C=O) groups is 2. The number of amides is 1. The number of aliphatic carboxylic acids is 1. The number of carbonyl (C=O) groups excluding carboxylic acids is 1. The van der Waals surface area contributed by atoms with Gasteiger partial charge in [0.25, 0.3) is 0 Å². The van der Waals surface area contributed by atoms with Crippen LogP contribution in [0.5, 0.6) is 11.5 Å². The number of piperidine rings is 1. The maximum absolute atomic E-state index is 11.6. The molecular weight excluding hydrogens is 348 g/mol. The molecule has 1 heterocycles. The van der Waals surface area contributed by atoms with Gasteiger partial charge in [0.1, 0.15) is 18.1 Å². The van der Waals surface area contributed by atoms with E-state index in [9.17, 15) is 9.59 Å². The molecule has 7 heteroatoms. The predicted molar refractivity (Wildman–Crippen MR) is 102 cm³/mol. The molecule has 1 fully saturated rings. The summed E-state index contributed by atoms with van der Waals surface area (Å²) in [5.74, 6) is 0.284. The highest BCUT2D eigenvalue weighted by Crippen LogP contribution is 2.25. The van der Waals surface area contributed by atoms with E-state index in [-0.39, 0.29) is 18.7 Å². The molecule has 150 valence electrons. The van der Waals surface area contributed by atoms with E-state index >= 15 is 0 Å². The summed E-state index contributed by atoms with van der Waals surface area (Å²) in [4.78, 5) is 24.6. The first kappa shape index (κ1) is 21.0. The van der Waals surface area contributed by atoms with E-state index in [2.05, 4.69) is 10.2 Å². The highest BCUT2D eigenvalue weighted by Gasteiger charge is 2.12. The van der Waals surface area contributed by atoms with E-state index in [1.54, 1.807) is 7.11 Å². The van der Waals surface area contributed by atoms with E-state index < -0.39 is 5.97 Å². The van der Waals surface area contributed by atoms with Crippen LogP contribution >= 0.6 is 0 Å². The average molecular weight is 378 g/mol. The number of ether oxygens (including phenoxy) is 2. The fraction of sp³-hybridized carbons (Fsp3) is 0.600. The highest BCUT2D eigenvalue weighted by atomic mass is 16.5. The van der Waals surface area contributed by atoms with Crippen molar-refractivity contribution in [3.63, 3.8) is 0 Å². The molecule has 0 unspecified atom stereocenters. The third-order valence-corrected chi connectivity index (χ3v) is 4.67. The maximum atomic E-state index is 11.6. The first-order valence-corrected chi connectivity index (χ1v) is 9.59. The van der Waals surface area contributed by atoms with Crippen molar-refractivity contribution < 1.29 is 24.2 Å². The Hall–Kier alpha value is -2.28. The molecule has 1 aromatic carbocycles. The van der Waals surface area contributed by atoms with Gasteiger partial charge in [-0.15, -0.1) is 0 Å². The van der Waals surface area contributed by atoms with Crippen LogP contribution in [0.1, 0.15) is 37.7 Å². The van der Waals surface area contributed by atoms with Crippen LogP contribution in [-0.2, 0) is 16.0 Å². The summed E-state index contributed by atoms with van der Waals surface area (Å²) >= 11 is 0. The van der Waals surface area contributed by atoms with Gasteiger partial charge in [-0.3, -0.25) is 14.5 Å². The quantitative estimate of drug-likeness (QED) is 0.613. The standard InChI is InChI=1S/C20H30N2O5/c1-26-17-6-5-16(9-10-21-19(23)7-8-20(24)25)18(15-17)27-14-13-22-11-3-2-4-12-22/h5-6,15H,2-4,7-14H2,1H3,(H,21,23)(H,24,25). The largest absolute Gasteiger partial charge is 0.497 e. The number of hydrogen-bond acceptors (Lipinski definition) is 5. The number of nitrogens with zero attached hydrogens (tertiary/aromatic N) is 1. The van der Waals surface area contributed by atoms with E-state index in [1.165, 1.54) is 19.3 Å². The third kappa shape index (κ3) is 7.86. The van der Waals surface area contributed by atoms with E-state index in [0.29, 0.717) is 19.6 Å². The number of rotatable bonds is 11. The fourth-order valence-corrected chi connectivity index (χ4v) is 3.12. The Morgan fingerprint density at radius 3 is 2.67 bits per heavy atom. The van der Waals surface area contributed by atoms with Crippen molar-refractivity contribution in [3.05, 3.63) is 23.8 Å². The van der Waals surface area contributed by atoms with Crippen molar-refractivity contribution in [1.82, 2.24) is 10.2 Å². The van der Waals surface area contributed by atoms with Crippen LogP contribution in [-0.4, -0.2) is 61.8 Å². The van der Waals surface area contributed by atoms with Crippen molar-refractivity contribution in [2.75, 3.05) is 39.9 Å². The number of benzene rings is 1. The Balaban J connectivity index is 1.83. The van der Waals surface area contributed by atoms with Crippen molar-refractivity contribution in [2.24, 2.45) is 0 Å². The average Bonchev–Trinajstić information content (AvgIpc) is 2.68. The molecule has 0 bridgehead atoms. The smallest absolute Gasteiger partial charge is 0.303 e. The lowest BCUT2D eigenvalue weighted by molar-refractivity contribution is -0.138. The van der Waals surface area contributed by atoms with Gasteiger partial charge in [0.2, 0.25) is 5.91 Å². The fourth-order valence-electron chi connectivity index (χ4n) is 3.12. The Labute approximate surface area is 160 Å². The van der Waals surface area contributed by atoms with Gasteiger partial charge in [0, 0.05) is 25.6 Å². The minimum atomic E-state index is -0.968. The summed E-state index contributed by atoms with van der Waals surface area (Å²) < 4.78 is 11.3. The summed E-state index contributed by atoms with van der Waals surface area (Å²) in [6, 6.07) is 5.69. The maximum Gasteiger partial charge on any atom is 0.303 e. The number of nitrogens with one attached hydrogen (secondary N) is 1. The molecule has 0 saturated carbocycles. The van der Waals surface area contributed by atoms with Gasteiger partial charge in [0.05, 0.1) is 13.5 Å². The van der Waals surface area contributed by atoms with Crippen LogP contribution in [0.3, 0.4) is 0 Å². The monoisotopic (exact) mass is 378 g/mol. The number of likely N-dealkylation sites (tertiary alicyclic amines) is 1. The Morgan fingerprint density at radius 2 is 1.96 bits per heavy atom. The Morgan fingerprint density at radius 1 is 1.19 bits per heavy atom. The lowest BCUT2D eigenvalue weighted by Crippen LogP contribution is -2.33. The second kappa shape index (κ2) is 11.4. The molecule has 1 aliphatic rings. The number of carboxylic acids is 1. The molecule has 1 aromatic rings.